The predicted molar refractivity (Wildman–Crippen MR) is 69.9 cm³/mol. The lowest BCUT2D eigenvalue weighted by molar-refractivity contribution is 0.102. The molecule has 92 valence electrons. The van der Waals surface area contributed by atoms with E-state index in [1.165, 1.54) is 12.1 Å². The number of hydrogen-bond donors (Lipinski definition) is 2. The van der Waals surface area contributed by atoms with Crippen molar-refractivity contribution < 1.29 is 9.18 Å². The summed E-state index contributed by atoms with van der Waals surface area (Å²) in [4.78, 5) is 12.0. The number of nitrogen functional groups attached to an aromatic ring is 1. The van der Waals surface area contributed by atoms with Gasteiger partial charge in [-0.1, -0.05) is 18.2 Å². The lowest BCUT2D eigenvalue weighted by Gasteiger charge is -2.08. The Morgan fingerprint density at radius 2 is 1.94 bits per heavy atom. The van der Waals surface area contributed by atoms with Crippen molar-refractivity contribution in [1.82, 2.24) is 0 Å². The van der Waals surface area contributed by atoms with Gasteiger partial charge in [-0.25, -0.2) is 4.39 Å². The molecule has 18 heavy (non-hydrogen) atoms. The second-order valence-electron chi connectivity index (χ2n) is 4.01. The Hall–Kier alpha value is -2.36. The highest BCUT2D eigenvalue weighted by Gasteiger charge is 2.09. The van der Waals surface area contributed by atoms with E-state index in [4.69, 9.17) is 5.73 Å². The molecule has 0 atom stereocenters. The molecule has 0 bridgehead atoms. The monoisotopic (exact) mass is 244 g/mol. The Morgan fingerprint density at radius 3 is 2.61 bits per heavy atom. The molecule has 0 aromatic heterocycles. The lowest BCUT2D eigenvalue weighted by Crippen LogP contribution is -2.13. The number of anilines is 2. The highest BCUT2D eigenvalue weighted by atomic mass is 19.1. The van der Waals surface area contributed by atoms with E-state index >= 15 is 0 Å². The van der Waals surface area contributed by atoms with Crippen molar-refractivity contribution in [3.63, 3.8) is 0 Å². The van der Waals surface area contributed by atoms with Gasteiger partial charge in [0.1, 0.15) is 5.82 Å². The minimum atomic E-state index is -0.544. The van der Waals surface area contributed by atoms with E-state index in [-0.39, 0.29) is 11.6 Å². The largest absolute Gasteiger partial charge is 0.396 e. The molecule has 4 heteroatoms. The molecule has 2 aromatic carbocycles. The average molecular weight is 244 g/mol. The molecule has 3 N–H and O–H groups in total. The van der Waals surface area contributed by atoms with Crippen LogP contribution < -0.4 is 11.1 Å². The Balaban J connectivity index is 2.22. The minimum absolute atomic E-state index is 0.0592. The zero-order chi connectivity index (χ0) is 13.1. The summed E-state index contributed by atoms with van der Waals surface area (Å²) in [5.41, 5.74) is 7.24. The molecule has 0 unspecified atom stereocenters. The Labute approximate surface area is 104 Å². The van der Waals surface area contributed by atoms with Gasteiger partial charge in [0, 0.05) is 11.3 Å². The maximum Gasteiger partial charge on any atom is 0.255 e. The quantitative estimate of drug-likeness (QED) is 0.798. The molecule has 3 nitrogen and oxygen atoms in total. The molecule has 0 fully saturated rings. The fourth-order valence-corrected chi connectivity index (χ4v) is 1.63. The number of halogens is 1. The van der Waals surface area contributed by atoms with Crippen LogP contribution in [0.4, 0.5) is 15.8 Å². The standard InChI is InChI=1S/C14H13FN2O/c1-9-4-2-3-5-11(9)14(18)17-10-6-7-13(16)12(15)8-10/h2-8H,16H2,1H3,(H,17,18). The molecule has 0 spiro atoms. The van der Waals surface area contributed by atoms with Crippen molar-refractivity contribution in [3.05, 3.63) is 59.4 Å². The van der Waals surface area contributed by atoms with E-state index in [0.29, 0.717) is 11.3 Å². The van der Waals surface area contributed by atoms with Crippen LogP contribution in [0.3, 0.4) is 0 Å². The number of carbonyl (C=O) groups is 1. The van der Waals surface area contributed by atoms with Gasteiger partial charge in [-0.05, 0) is 36.8 Å². The number of amides is 1. The van der Waals surface area contributed by atoms with Crippen molar-refractivity contribution in [1.29, 1.82) is 0 Å². The van der Waals surface area contributed by atoms with Crippen LogP contribution in [0.25, 0.3) is 0 Å². The molecule has 0 saturated heterocycles. The number of aryl methyl sites for hydroxylation is 1. The zero-order valence-corrected chi connectivity index (χ0v) is 9.91. The summed E-state index contributed by atoms with van der Waals surface area (Å²) in [5.74, 6) is -0.810. The summed E-state index contributed by atoms with van der Waals surface area (Å²) in [5, 5.41) is 2.63. The summed E-state index contributed by atoms with van der Waals surface area (Å²) >= 11 is 0. The first-order valence-corrected chi connectivity index (χ1v) is 5.50. The van der Waals surface area contributed by atoms with Gasteiger partial charge in [0.15, 0.2) is 0 Å². The molecule has 0 radical (unpaired) electrons. The van der Waals surface area contributed by atoms with Gasteiger partial charge in [0.2, 0.25) is 0 Å². The van der Waals surface area contributed by atoms with E-state index in [0.717, 1.165) is 5.56 Å². The van der Waals surface area contributed by atoms with Crippen molar-refractivity contribution in [3.8, 4) is 0 Å². The van der Waals surface area contributed by atoms with Gasteiger partial charge in [0.25, 0.3) is 5.91 Å². The second kappa shape index (κ2) is 4.87. The zero-order valence-electron chi connectivity index (χ0n) is 9.91. The van der Waals surface area contributed by atoms with Crippen molar-refractivity contribution in [2.45, 2.75) is 6.92 Å². The number of carbonyl (C=O) groups excluding carboxylic acids is 1. The normalized spacial score (nSPS) is 10.1. The fraction of sp³-hybridized carbons (Fsp3) is 0.0714. The third-order valence-corrected chi connectivity index (χ3v) is 2.65. The lowest BCUT2D eigenvalue weighted by atomic mass is 10.1. The number of nitrogens with one attached hydrogen (secondary N) is 1. The van der Waals surface area contributed by atoms with E-state index in [9.17, 15) is 9.18 Å². The molecule has 2 rings (SSSR count). The molecule has 0 aliphatic heterocycles. The fourth-order valence-electron chi connectivity index (χ4n) is 1.63. The highest BCUT2D eigenvalue weighted by Crippen LogP contribution is 2.17. The Bertz CT molecular complexity index is 596. The number of nitrogens with two attached hydrogens (primary N) is 1. The summed E-state index contributed by atoms with van der Waals surface area (Å²) in [6.45, 7) is 1.85. The van der Waals surface area contributed by atoms with E-state index < -0.39 is 5.82 Å². The van der Waals surface area contributed by atoms with Crippen molar-refractivity contribution in [2.75, 3.05) is 11.1 Å². The minimum Gasteiger partial charge on any atom is -0.396 e. The maximum atomic E-state index is 13.2. The second-order valence-corrected chi connectivity index (χ2v) is 4.01. The highest BCUT2D eigenvalue weighted by molar-refractivity contribution is 6.05. The first kappa shape index (κ1) is 12.1. The third kappa shape index (κ3) is 2.48. The van der Waals surface area contributed by atoms with Gasteiger partial charge in [-0.15, -0.1) is 0 Å². The topological polar surface area (TPSA) is 55.1 Å². The van der Waals surface area contributed by atoms with Crippen molar-refractivity contribution >= 4 is 17.3 Å². The van der Waals surface area contributed by atoms with Gasteiger partial charge < -0.3 is 11.1 Å². The smallest absolute Gasteiger partial charge is 0.255 e. The van der Waals surface area contributed by atoms with Crippen LogP contribution >= 0.6 is 0 Å². The summed E-state index contributed by atoms with van der Waals surface area (Å²) in [7, 11) is 0. The van der Waals surface area contributed by atoms with Gasteiger partial charge in [0.05, 0.1) is 5.69 Å². The summed E-state index contributed by atoms with van der Waals surface area (Å²) in [6.07, 6.45) is 0. The van der Waals surface area contributed by atoms with Crippen LogP contribution in [0.5, 0.6) is 0 Å². The molecule has 0 heterocycles. The van der Waals surface area contributed by atoms with Gasteiger partial charge in [-0.3, -0.25) is 4.79 Å². The van der Waals surface area contributed by atoms with Crippen LogP contribution in [0.2, 0.25) is 0 Å². The van der Waals surface area contributed by atoms with Crippen molar-refractivity contribution in [2.24, 2.45) is 0 Å². The van der Waals surface area contributed by atoms with E-state index in [2.05, 4.69) is 5.32 Å². The molecule has 0 saturated carbocycles. The predicted octanol–water partition coefficient (Wildman–Crippen LogP) is 2.97. The molecular weight excluding hydrogens is 231 g/mol. The third-order valence-electron chi connectivity index (χ3n) is 2.65. The first-order valence-electron chi connectivity index (χ1n) is 5.50. The van der Waals surface area contributed by atoms with Crippen LogP contribution in [-0.4, -0.2) is 5.91 Å². The average Bonchev–Trinajstić information content (AvgIpc) is 2.34. The van der Waals surface area contributed by atoms with Crippen LogP contribution in [-0.2, 0) is 0 Å². The van der Waals surface area contributed by atoms with Gasteiger partial charge >= 0.3 is 0 Å². The summed E-state index contributed by atoms with van der Waals surface area (Å²) in [6, 6.07) is 11.4. The van der Waals surface area contributed by atoms with Crippen LogP contribution in [0, 0.1) is 12.7 Å². The van der Waals surface area contributed by atoms with E-state index in [1.807, 2.05) is 19.1 Å². The first-order chi connectivity index (χ1) is 8.58. The summed E-state index contributed by atoms with van der Waals surface area (Å²) < 4.78 is 13.2. The number of rotatable bonds is 2. The number of hydrogen-bond acceptors (Lipinski definition) is 2. The molecular formula is C14H13FN2O. The van der Waals surface area contributed by atoms with Crippen LogP contribution in [0.1, 0.15) is 15.9 Å². The Kier molecular flexibility index (Phi) is 3.28. The van der Waals surface area contributed by atoms with Gasteiger partial charge in [-0.2, -0.15) is 0 Å². The molecule has 1 amide bonds. The number of benzene rings is 2. The van der Waals surface area contributed by atoms with Crippen LogP contribution in [0.15, 0.2) is 42.5 Å². The molecule has 0 aliphatic carbocycles. The maximum absolute atomic E-state index is 13.2. The SMILES string of the molecule is Cc1ccccc1C(=O)Nc1ccc(N)c(F)c1. The van der Waals surface area contributed by atoms with E-state index in [1.54, 1.807) is 18.2 Å². The Morgan fingerprint density at radius 1 is 1.22 bits per heavy atom. The molecule has 0 aliphatic rings. The molecule has 2 aromatic rings.